The van der Waals surface area contributed by atoms with Crippen LogP contribution in [0.5, 0.6) is 0 Å². The summed E-state index contributed by atoms with van der Waals surface area (Å²) in [6.07, 6.45) is 4.44. The minimum absolute atomic E-state index is 0.0967. The molecule has 1 atom stereocenters. The quantitative estimate of drug-likeness (QED) is 0.455. The molecule has 0 saturated heterocycles. The Hall–Kier alpha value is -3.47. The van der Waals surface area contributed by atoms with Gasteiger partial charge < -0.3 is 10.2 Å². The number of carbonyl (C=O) groups is 2. The van der Waals surface area contributed by atoms with E-state index in [4.69, 9.17) is 0 Å². The van der Waals surface area contributed by atoms with Crippen LogP contribution in [-0.2, 0) is 29.0 Å². The van der Waals surface area contributed by atoms with Crippen LogP contribution in [0.4, 0.5) is 4.39 Å². The van der Waals surface area contributed by atoms with E-state index < -0.39 is 11.9 Å². The number of amides is 2. The number of benzene rings is 3. The fourth-order valence-electron chi connectivity index (χ4n) is 4.72. The molecule has 1 saturated carbocycles. The van der Waals surface area contributed by atoms with Crippen molar-refractivity contribution in [3.8, 4) is 0 Å². The van der Waals surface area contributed by atoms with Crippen LogP contribution in [0.1, 0.15) is 47.9 Å². The highest BCUT2D eigenvalue weighted by Gasteiger charge is 2.32. The molecule has 1 aliphatic carbocycles. The first-order valence-electron chi connectivity index (χ1n) is 12.4. The average molecular weight is 473 g/mol. The third kappa shape index (κ3) is 6.78. The van der Waals surface area contributed by atoms with Gasteiger partial charge in [-0.05, 0) is 42.5 Å². The monoisotopic (exact) mass is 472 g/mol. The standard InChI is InChI=1S/C30H33FN2O2/c1-22-15-17-24(18-16-22)21-33(29(34)20-25-11-5-8-14-27(25)31)28(19-23-9-3-2-4-10-23)30(35)32-26-12-6-7-13-26/h2-5,8-11,14-18,26,28H,6-7,12-13,19-21H2,1H3,(H,32,35)/t28-/m1/s1. The number of nitrogens with zero attached hydrogens (tertiary/aromatic N) is 1. The van der Waals surface area contributed by atoms with E-state index in [2.05, 4.69) is 5.32 Å². The van der Waals surface area contributed by atoms with E-state index in [9.17, 15) is 14.0 Å². The lowest BCUT2D eigenvalue weighted by Crippen LogP contribution is -2.52. The lowest BCUT2D eigenvalue weighted by molar-refractivity contribution is -0.141. The minimum Gasteiger partial charge on any atom is -0.352 e. The predicted molar refractivity (Wildman–Crippen MR) is 136 cm³/mol. The molecular weight excluding hydrogens is 439 g/mol. The Morgan fingerprint density at radius 3 is 2.26 bits per heavy atom. The number of carbonyl (C=O) groups excluding carboxylic acids is 2. The zero-order valence-corrected chi connectivity index (χ0v) is 20.3. The molecule has 0 bridgehead atoms. The van der Waals surface area contributed by atoms with Crippen molar-refractivity contribution < 1.29 is 14.0 Å². The van der Waals surface area contributed by atoms with Crippen molar-refractivity contribution in [2.24, 2.45) is 0 Å². The van der Waals surface area contributed by atoms with Crippen molar-refractivity contribution in [3.05, 3.63) is 107 Å². The van der Waals surface area contributed by atoms with Crippen molar-refractivity contribution in [1.82, 2.24) is 10.2 Å². The molecule has 1 fully saturated rings. The van der Waals surface area contributed by atoms with E-state index in [1.807, 2.05) is 61.5 Å². The molecular formula is C30H33FN2O2. The van der Waals surface area contributed by atoms with E-state index in [1.54, 1.807) is 23.1 Å². The molecule has 35 heavy (non-hydrogen) atoms. The first-order valence-corrected chi connectivity index (χ1v) is 12.4. The summed E-state index contributed by atoms with van der Waals surface area (Å²) in [7, 11) is 0. The molecule has 0 spiro atoms. The molecule has 4 nitrogen and oxygen atoms in total. The zero-order valence-electron chi connectivity index (χ0n) is 20.3. The van der Waals surface area contributed by atoms with Gasteiger partial charge in [0.25, 0.3) is 0 Å². The van der Waals surface area contributed by atoms with E-state index in [0.717, 1.165) is 42.4 Å². The molecule has 1 N–H and O–H groups in total. The van der Waals surface area contributed by atoms with Crippen molar-refractivity contribution in [3.63, 3.8) is 0 Å². The van der Waals surface area contributed by atoms with Crippen LogP contribution in [0.25, 0.3) is 0 Å². The van der Waals surface area contributed by atoms with Crippen LogP contribution in [-0.4, -0.2) is 28.8 Å². The van der Waals surface area contributed by atoms with Gasteiger partial charge >= 0.3 is 0 Å². The second kappa shape index (κ2) is 11.8. The van der Waals surface area contributed by atoms with Crippen LogP contribution < -0.4 is 5.32 Å². The Labute approximate surface area is 207 Å². The molecule has 4 rings (SSSR count). The van der Waals surface area contributed by atoms with Crippen molar-refractivity contribution in [1.29, 1.82) is 0 Å². The number of halogens is 1. The third-order valence-electron chi connectivity index (χ3n) is 6.75. The number of hydrogen-bond acceptors (Lipinski definition) is 2. The van der Waals surface area contributed by atoms with Gasteiger partial charge in [-0.15, -0.1) is 0 Å². The predicted octanol–water partition coefficient (Wildman–Crippen LogP) is 5.38. The Bertz CT molecular complexity index is 1120. The summed E-state index contributed by atoms with van der Waals surface area (Å²) < 4.78 is 14.4. The third-order valence-corrected chi connectivity index (χ3v) is 6.75. The minimum atomic E-state index is -0.696. The van der Waals surface area contributed by atoms with Gasteiger partial charge in [-0.1, -0.05) is 91.2 Å². The Kier molecular flexibility index (Phi) is 8.30. The van der Waals surface area contributed by atoms with Gasteiger partial charge in [0, 0.05) is 19.0 Å². The molecule has 2 amide bonds. The number of nitrogens with one attached hydrogen (secondary N) is 1. The molecule has 0 unspecified atom stereocenters. The molecule has 5 heteroatoms. The first kappa shape index (κ1) is 24.6. The fourth-order valence-corrected chi connectivity index (χ4v) is 4.72. The second-order valence-corrected chi connectivity index (χ2v) is 9.47. The average Bonchev–Trinajstić information content (AvgIpc) is 3.37. The van der Waals surface area contributed by atoms with E-state index in [1.165, 1.54) is 6.07 Å². The molecule has 0 aliphatic heterocycles. The van der Waals surface area contributed by atoms with Gasteiger partial charge in [0.15, 0.2) is 0 Å². The Morgan fingerprint density at radius 2 is 1.57 bits per heavy atom. The van der Waals surface area contributed by atoms with Crippen molar-refractivity contribution in [2.75, 3.05) is 0 Å². The summed E-state index contributed by atoms with van der Waals surface area (Å²) in [5, 5.41) is 3.20. The van der Waals surface area contributed by atoms with Crippen molar-refractivity contribution in [2.45, 2.75) is 64.1 Å². The normalized spacial score (nSPS) is 14.5. The summed E-state index contributed by atoms with van der Waals surface area (Å²) in [6, 6.07) is 23.5. The van der Waals surface area contributed by atoms with E-state index in [0.29, 0.717) is 12.0 Å². The number of aryl methyl sites for hydroxylation is 1. The summed E-state index contributed by atoms with van der Waals surface area (Å²) in [6.45, 7) is 2.29. The van der Waals surface area contributed by atoms with Gasteiger partial charge in [0.1, 0.15) is 11.9 Å². The van der Waals surface area contributed by atoms with Gasteiger partial charge in [-0.2, -0.15) is 0 Å². The van der Waals surface area contributed by atoms with Gasteiger partial charge in [0.05, 0.1) is 6.42 Å². The molecule has 0 heterocycles. The maximum Gasteiger partial charge on any atom is 0.243 e. The van der Waals surface area contributed by atoms with Crippen LogP contribution in [0.3, 0.4) is 0 Å². The highest BCUT2D eigenvalue weighted by atomic mass is 19.1. The molecule has 3 aromatic carbocycles. The second-order valence-electron chi connectivity index (χ2n) is 9.47. The van der Waals surface area contributed by atoms with E-state index in [-0.39, 0.29) is 30.8 Å². The topological polar surface area (TPSA) is 49.4 Å². The lowest BCUT2D eigenvalue weighted by Gasteiger charge is -2.32. The lowest BCUT2D eigenvalue weighted by atomic mass is 10.0. The molecule has 182 valence electrons. The largest absolute Gasteiger partial charge is 0.352 e. The maximum atomic E-state index is 14.4. The molecule has 0 aromatic heterocycles. The zero-order chi connectivity index (χ0) is 24.6. The summed E-state index contributed by atoms with van der Waals surface area (Å²) >= 11 is 0. The summed E-state index contributed by atoms with van der Waals surface area (Å²) in [5.74, 6) is -0.820. The highest BCUT2D eigenvalue weighted by molar-refractivity contribution is 5.89. The molecule has 0 radical (unpaired) electrons. The molecule has 1 aliphatic rings. The SMILES string of the molecule is Cc1ccc(CN(C(=O)Cc2ccccc2F)[C@H](Cc2ccccc2)C(=O)NC2CCCC2)cc1. The van der Waals surface area contributed by atoms with Crippen LogP contribution in [0, 0.1) is 12.7 Å². The fraction of sp³-hybridized carbons (Fsp3) is 0.333. The smallest absolute Gasteiger partial charge is 0.243 e. The van der Waals surface area contributed by atoms with Crippen LogP contribution in [0.2, 0.25) is 0 Å². The molecule has 3 aromatic rings. The summed E-state index contributed by atoms with van der Waals surface area (Å²) in [5.41, 5.74) is 3.37. The highest BCUT2D eigenvalue weighted by Crippen LogP contribution is 2.21. The summed E-state index contributed by atoms with van der Waals surface area (Å²) in [4.78, 5) is 29.0. The van der Waals surface area contributed by atoms with Gasteiger partial charge in [-0.3, -0.25) is 9.59 Å². The van der Waals surface area contributed by atoms with Crippen LogP contribution >= 0.6 is 0 Å². The van der Waals surface area contributed by atoms with Crippen LogP contribution in [0.15, 0.2) is 78.9 Å². The van der Waals surface area contributed by atoms with E-state index >= 15 is 0 Å². The maximum absolute atomic E-state index is 14.4. The number of hydrogen-bond donors (Lipinski definition) is 1. The Morgan fingerprint density at radius 1 is 0.914 bits per heavy atom. The Balaban J connectivity index is 1.66. The van der Waals surface area contributed by atoms with Gasteiger partial charge in [0.2, 0.25) is 11.8 Å². The number of rotatable bonds is 9. The van der Waals surface area contributed by atoms with Gasteiger partial charge in [-0.25, -0.2) is 4.39 Å². The van der Waals surface area contributed by atoms with Crippen molar-refractivity contribution >= 4 is 11.8 Å². The first-order chi connectivity index (χ1) is 17.0.